The van der Waals surface area contributed by atoms with Crippen molar-refractivity contribution in [2.75, 3.05) is 25.5 Å². The number of anilines is 1. The predicted molar refractivity (Wildman–Crippen MR) is 61.9 cm³/mol. The second kappa shape index (κ2) is 6.02. The summed E-state index contributed by atoms with van der Waals surface area (Å²) < 4.78 is 0. The molecule has 0 bridgehead atoms. The third kappa shape index (κ3) is 3.47. The van der Waals surface area contributed by atoms with Crippen molar-refractivity contribution in [3.63, 3.8) is 0 Å². The Kier molecular flexibility index (Phi) is 4.65. The summed E-state index contributed by atoms with van der Waals surface area (Å²) in [4.78, 5) is 21.3. The molecule has 0 spiro atoms. The maximum Gasteiger partial charge on any atom is 0.221 e. The van der Waals surface area contributed by atoms with Crippen molar-refractivity contribution in [1.29, 1.82) is 0 Å². The van der Waals surface area contributed by atoms with Gasteiger partial charge in [0, 0.05) is 33.6 Å². The number of nitrogens with one attached hydrogen (secondary N) is 1. The molecule has 1 aromatic heterocycles. The molecule has 0 fully saturated rings. The standard InChI is InChI=1S/C10H17N5O/c1-12-10(16)3-4-15(2)9-7-13-8(5-11)6-14-9/h6-7H,3-5,11H2,1-2H3,(H,12,16). The number of hydrogen-bond acceptors (Lipinski definition) is 5. The van der Waals surface area contributed by atoms with Crippen LogP contribution < -0.4 is 16.0 Å². The van der Waals surface area contributed by atoms with E-state index in [4.69, 9.17) is 5.73 Å². The van der Waals surface area contributed by atoms with Gasteiger partial charge in [0.1, 0.15) is 5.82 Å². The zero-order valence-electron chi connectivity index (χ0n) is 9.60. The highest BCUT2D eigenvalue weighted by Crippen LogP contribution is 2.06. The molecule has 0 aliphatic carbocycles. The van der Waals surface area contributed by atoms with Crippen LogP contribution in [0.1, 0.15) is 12.1 Å². The first-order chi connectivity index (χ1) is 7.67. The van der Waals surface area contributed by atoms with Crippen molar-refractivity contribution in [1.82, 2.24) is 15.3 Å². The van der Waals surface area contributed by atoms with E-state index in [1.54, 1.807) is 19.4 Å². The van der Waals surface area contributed by atoms with Crippen molar-refractivity contribution >= 4 is 11.7 Å². The van der Waals surface area contributed by atoms with Crippen LogP contribution in [0.3, 0.4) is 0 Å². The van der Waals surface area contributed by atoms with Crippen LogP contribution in [0.4, 0.5) is 5.82 Å². The third-order valence-corrected chi connectivity index (χ3v) is 2.25. The minimum atomic E-state index is 0.0124. The Morgan fingerprint density at radius 1 is 1.50 bits per heavy atom. The first-order valence-electron chi connectivity index (χ1n) is 5.10. The highest BCUT2D eigenvalue weighted by Gasteiger charge is 2.05. The quantitative estimate of drug-likeness (QED) is 0.703. The second-order valence-electron chi connectivity index (χ2n) is 3.41. The molecule has 0 atom stereocenters. The molecule has 0 aliphatic rings. The predicted octanol–water partition coefficient (Wildman–Crippen LogP) is -0.492. The van der Waals surface area contributed by atoms with Crippen LogP contribution in [0.2, 0.25) is 0 Å². The number of nitrogens with two attached hydrogens (primary N) is 1. The topological polar surface area (TPSA) is 84.1 Å². The van der Waals surface area contributed by atoms with Gasteiger partial charge in [-0.05, 0) is 0 Å². The number of nitrogens with zero attached hydrogens (tertiary/aromatic N) is 3. The summed E-state index contributed by atoms with van der Waals surface area (Å²) >= 11 is 0. The summed E-state index contributed by atoms with van der Waals surface area (Å²) in [5.74, 6) is 0.750. The minimum Gasteiger partial charge on any atom is -0.359 e. The maximum absolute atomic E-state index is 11.1. The first kappa shape index (κ1) is 12.4. The Morgan fingerprint density at radius 2 is 2.25 bits per heavy atom. The Hall–Kier alpha value is -1.69. The lowest BCUT2D eigenvalue weighted by molar-refractivity contribution is -0.120. The van der Waals surface area contributed by atoms with Crippen LogP contribution in [0.25, 0.3) is 0 Å². The van der Waals surface area contributed by atoms with E-state index in [2.05, 4.69) is 15.3 Å². The zero-order chi connectivity index (χ0) is 12.0. The van der Waals surface area contributed by atoms with Gasteiger partial charge < -0.3 is 16.0 Å². The number of carbonyl (C=O) groups is 1. The van der Waals surface area contributed by atoms with E-state index in [1.165, 1.54) is 0 Å². The Labute approximate surface area is 94.9 Å². The smallest absolute Gasteiger partial charge is 0.221 e. The van der Waals surface area contributed by atoms with E-state index in [9.17, 15) is 4.79 Å². The molecule has 0 unspecified atom stereocenters. The molecule has 1 heterocycles. The fraction of sp³-hybridized carbons (Fsp3) is 0.500. The van der Waals surface area contributed by atoms with Crippen molar-refractivity contribution in [2.24, 2.45) is 5.73 Å². The maximum atomic E-state index is 11.1. The van der Waals surface area contributed by atoms with E-state index in [0.29, 0.717) is 19.5 Å². The largest absolute Gasteiger partial charge is 0.359 e. The molecular weight excluding hydrogens is 206 g/mol. The van der Waals surface area contributed by atoms with Crippen molar-refractivity contribution in [3.05, 3.63) is 18.1 Å². The number of hydrogen-bond donors (Lipinski definition) is 2. The monoisotopic (exact) mass is 223 g/mol. The minimum absolute atomic E-state index is 0.0124. The van der Waals surface area contributed by atoms with Gasteiger partial charge in [-0.3, -0.25) is 9.78 Å². The summed E-state index contributed by atoms with van der Waals surface area (Å²) in [7, 11) is 3.49. The molecule has 16 heavy (non-hydrogen) atoms. The van der Waals surface area contributed by atoms with Crippen molar-refractivity contribution in [2.45, 2.75) is 13.0 Å². The summed E-state index contributed by atoms with van der Waals surface area (Å²) in [5.41, 5.74) is 6.18. The van der Waals surface area contributed by atoms with Crippen LogP contribution >= 0.6 is 0 Å². The van der Waals surface area contributed by atoms with Crippen LogP contribution in [0.5, 0.6) is 0 Å². The lowest BCUT2D eigenvalue weighted by Crippen LogP contribution is -2.27. The number of carbonyl (C=O) groups excluding carboxylic acids is 1. The van der Waals surface area contributed by atoms with Crippen LogP contribution in [-0.2, 0) is 11.3 Å². The number of amides is 1. The lowest BCUT2D eigenvalue weighted by Gasteiger charge is -2.17. The molecule has 0 radical (unpaired) electrons. The van der Waals surface area contributed by atoms with Gasteiger partial charge in [0.05, 0.1) is 18.1 Å². The second-order valence-corrected chi connectivity index (χ2v) is 3.41. The highest BCUT2D eigenvalue weighted by molar-refractivity contribution is 5.76. The van der Waals surface area contributed by atoms with Gasteiger partial charge >= 0.3 is 0 Å². The number of aromatic nitrogens is 2. The lowest BCUT2D eigenvalue weighted by atomic mass is 10.3. The normalized spacial score (nSPS) is 9.94. The molecular formula is C10H17N5O. The zero-order valence-corrected chi connectivity index (χ0v) is 9.60. The Balaban J connectivity index is 2.52. The molecule has 3 N–H and O–H groups in total. The van der Waals surface area contributed by atoms with E-state index < -0.39 is 0 Å². The van der Waals surface area contributed by atoms with Crippen LogP contribution in [-0.4, -0.2) is 36.5 Å². The van der Waals surface area contributed by atoms with Crippen LogP contribution in [0.15, 0.2) is 12.4 Å². The molecule has 0 aliphatic heterocycles. The summed E-state index contributed by atoms with van der Waals surface area (Å²) in [6.07, 6.45) is 3.74. The van der Waals surface area contributed by atoms with Gasteiger partial charge in [0.2, 0.25) is 5.91 Å². The first-order valence-corrected chi connectivity index (χ1v) is 5.10. The molecule has 1 aromatic rings. The number of rotatable bonds is 5. The van der Waals surface area contributed by atoms with Gasteiger partial charge in [0.25, 0.3) is 0 Å². The average molecular weight is 223 g/mol. The molecule has 88 valence electrons. The van der Waals surface area contributed by atoms with E-state index in [1.807, 2.05) is 11.9 Å². The molecule has 0 aromatic carbocycles. The van der Waals surface area contributed by atoms with E-state index >= 15 is 0 Å². The third-order valence-electron chi connectivity index (χ3n) is 2.25. The SMILES string of the molecule is CNC(=O)CCN(C)c1cnc(CN)cn1. The van der Waals surface area contributed by atoms with E-state index in [-0.39, 0.29) is 5.91 Å². The van der Waals surface area contributed by atoms with Gasteiger partial charge in [-0.15, -0.1) is 0 Å². The molecule has 1 amide bonds. The van der Waals surface area contributed by atoms with Gasteiger partial charge in [-0.1, -0.05) is 0 Å². The van der Waals surface area contributed by atoms with Crippen molar-refractivity contribution in [3.8, 4) is 0 Å². The summed E-state index contributed by atoms with van der Waals surface area (Å²) in [5, 5.41) is 2.57. The molecule has 6 heteroatoms. The molecule has 0 saturated heterocycles. The van der Waals surface area contributed by atoms with Gasteiger partial charge in [-0.25, -0.2) is 4.98 Å². The Morgan fingerprint density at radius 3 is 2.75 bits per heavy atom. The van der Waals surface area contributed by atoms with Crippen LogP contribution in [0, 0.1) is 0 Å². The fourth-order valence-corrected chi connectivity index (χ4v) is 1.16. The molecule has 1 rings (SSSR count). The summed E-state index contributed by atoms with van der Waals surface area (Å²) in [6, 6.07) is 0. The molecule has 6 nitrogen and oxygen atoms in total. The fourth-order valence-electron chi connectivity index (χ4n) is 1.16. The van der Waals surface area contributed by atoms with Gasteiger partial charge in [0.15, 0.2) is 0 Å². The van der Waals surface area contributed by atoms with Gasteiger partial charge in [-0.2, -0.15) is 0 Å². The van der Waals surface area contributed by atoms with Crippen molar-refractivity contribution < 1.29 is 4.79 Å². The average Bonchev–Trinajstić information content (AvgIpc) is 2.35. The molecule has 0 saturated carbocycles. The van der Waals surface area contributed by atoms with E-state index in [0.717, 1.165) is 11.5 Å². The Bertz CT molecular complexity index is 338. The highest BCUT2D eigenvalue weighted by atomic mass is 16.1. The summed E-state index contributed by atoms with van der Waals surface area (Å²) in [6.45, 7) is 0.992.